The second kappa shape index (κ2) is 5.76. The summed E-state index contributed by atoms with van der Waals surface area (Å²) in [7, 11) is 0. The van der Waals surface area contributed by atoms with Gasteiger partial charge in [-0.15, -0.1) is 0 Å². The molecular formula is C17H27N3O. The number of carbonyl (C=O) groups excluding carboxylic acids is 1. The van der Waals surface area contributed by atoms with Crippen molar-refractivity contribution in [3.05, 3.63) is 29.6 Å². The topological polar surface area (TPSA) is 54.0 Å². The van der Waals surface area contributed by atoms with Gasteiger partial charge in [-0.3, -0.25) is 9.78 Å². The van der Waals surface area contributed by atoms with E-state index in [1.165, 1.54) is 0 Å². The van der Waals surface area contributed by atoms with Crippen LogP contribution in [0.5, 0.6) is 0 Å². The van der Waals surface area contributed by atoms with E-state index < -0.39 is 0 Å². The summed E-state index contributed by atoms with van der Waals surface area (Å²) in [5.74, 6) is 0.0618. The summed E-state index contributed by atoms with van der Waals surface area (Å²) in [6.45, 7) is 10.6. The lowest BCUT2D eigenvalue weighted by atomic mass is 9.95. The van der Waals surface area contributed by atoms with Gasteiger partial charge in [-0.1, -0.05) is 26.8 Å². The van der Waals surface area contributed by atoms with Gasteiger partial charge in [0.15, 0.2) is 0 Å². The van der Waals surface area contributed by atoms with Gasteiger partial charge < -0.3 is 10.6 Å². The lowest BCUT2D eigenvalue weighted by molar-refractivity contribution is -0.128. The quantitative estimate of drug-likeness (QED) is 0.876. The van der Waals surface area contributed by atoms with Gasteiger partial charge in [0, 0.05) is 24.2 Å². The first-order chi connectivity index (χ1) is 9.73. The van der Waals surface area contributed by atoms with Crippen LogP contribution in [-0.4, -0.2) is 16.9 Å². The number of hydrogen-bond donors (Lipinski definition) is 2. The first-order valence-corrected chi connectivity index (χ1v) is 7.74. The average molecular weight is 289 g/mol. The smallest absolute Gasteiger partial charge is 0.225 e. The van der Waals surface area contributed by atoms with Gasteiger partial charge in [-0.05, 0) is 38.3 Å². The number of nitrogens with zero attached hydrogens (tertiary/aromatic N) is 1. The summed E-state index contributed by atoms with van der Waals surface area (Å²) in [5, 5.41) is 6.55. The van der Waals surface area contributed by atoms with Crippen LogP contribution >= 0.6 is 0 Å². The van der Waals surface area contributed by atoms with Crippen molar-refractivity contribution in [2.24, 2.45) is 5.41 Å². The highest BCUT2D eigenvalue weighted by Crippen LogP contribution is 2.44. The Morgan fingerprint density at radius 3 is 2.43 bits per heavy atom. The van der Waals surface area contributed by atoms with E-state index in [9.17, 15) is 4.79 Å². The monoisotopic (exact) mass is 289 g/mol. The fourth-order valence-electron chi connectivity index (χ4n) is 2.41. The molecule has 1 saturated carbocycles. The minimum absolute atomic E-state index is 0.0618. The Labute approximate surface area is 127 Å². The van der Waals surface area contributed by atoms with Gasteiger partial charge in [0.2, 0.25) is 5.91 Å². The van der Waals surface area contributed by atoms with Crippen LogP contribution in [-0.2, 0) is 16.9 Å². The van der Waals surface area contributed by atoms with Crippen molar-refractivity contribution in [1.29, 1.82) is 0 Å². The number of aromatic nitrogens is 1. The predicted molar refractivity (Wildman–Crippen MR) is 84.7 cm³/mol. The fraction of sp³-hybridized carbons (Fsp3) is 0.647. The molecule has 4 nitrogen and oxygen atoms in total. The number of amides is 1. The highest BCUT2D eigenvalue weighted by molar-refractivity contribution is 5.81. The number of hydrogen-bond acceptors (Lipinski definition) is 3. The number of nitrogens with one attached hydrogen (secondary N) is 2. The maximum atomic E-state index is 11.9. The highest BCUT2D eigenvalue weighted by Gasteiger charge is 2.45. The van der Waals surface area contributed by atoms with E-state index in [-0.39, 0.29) is 16.9 Å². The summed E-state index contributed by atoms with van der Waals surface area (Å²) in [6.07, 6.45) is 4.18. The van der Waals surface area contributed by atoms with Crippen molar-refractivity contribution < 1.29 is 4.79 Å². The normalized spacial score (nSPS) is 16.9. The molecule has 0 atom stereocenters. The van der Waals surface area contributed by atoms with Crippen molar-refractivity contribution in [3.8, 4) is 0 Å². The summed E-state index contributed by atoms with van der Waals surface area (Å²) in [6, 6.07) is 4.61. The molecule has 1 fully saturated rings. The summed E-state index contributed by atoms with van der Waals surface area (Å²) in [4.78, 5) is 16.4. The zero-order valence-electron chi connectivity index (χ0n) is 13.8. The van der Waals surface area contributed by atoms with Crippen molar-refractivity contribution in [3.63, 3.8) is 0 Å². The van der Waals surface area contributed by atoms with E-state index in [0.717, 1.165) is 24.1 Å². The molecule has 0 unspecified atom stereocenters. The molecule has 0 bridgehead atoms. The van der Waals surface area contributed by atoms with Crippen LogP contribution in [0.4, 0.5) is 0 Å². The highest BCUT2D eigenvalue weighted by atomic mass is 16.2. The van der Waals surface area contributed by atoms with E-state index in [2.05, 4.69) is 41.6 Å². The van der Waals surface area contributed by atoms with Crippen LogP contribution < -0.4 is 10.6 Å². The Morgan fingerprint density at radius 1 is 1.33 bits per heavy atom. The van der Waals surface area contributed by atoms with Gasteiger partial charge >= 0.3 is 0 Å². The van der Waals surface area contributed by atoms with Crippen LogP contribution in [0.3, 0.4) is 0 Å². The number of rotatable bonds is 5. The Balaban J connectivity index is 1.95. The zero-order valence-corrected chi connectivity index (χ0v) is 13.8. The molecule has 2 N–H and O–H groups in total. The van der Waals surface area contributed by atoms with E-state index in [4.69, 9.17) is 0 Å². The molecule has 0 aliphatic heterocycles. The number of pyridine rings is 1. The van der Waals surface area contributed by atoms with Crippen LogP contribution in [0.1, 0.15) is 58.7 Å². The van der Waals surface area contributed by atoms with E-state index >= 15 is 0 Å². The molecule has 1 aliphatic carbocycles. The van der Waals surface area contributed by atoms with Gasteiger partial charge in [0.05, 0.1) is 11.2 Å². The molecule has 1 amide bonds. The summed E-state index contributed by atoms with van der Waals surface area (Å²) < 4.78 is 0. The molecule has 0 aromatic carbocycles. The van der Waals surface area contributed by atoms with E-state index in [1.54, 1.807) is 0 Å². The summed E-state index contributed by atoms with van der Waals surface area (Å²) in [5.41, 5.74) is 1.88. The van der Waals surface area contributed by atoms with Crippen LogP contribution in [0.2, 0.25) is 0 Å². The third kappa shape index (κ3) is 4.03. The van der Waals surface area contributed by atoms with Crippen molar-refractivity contribution in [2.45, 2.75) is 65.6 Å². The van der Waals surface area contributed by atoms with Gasteiger partial charge in [0.25, 0.3) is 0 Å². The molecule has 116 valence electrons. The second-order valence-corrected chi connectivity index (χ2v) is 7.37. The Bertz CT molecular complexity index is 496. The molecule has 1 aromatic rings. The van der Waals surface area contributed by atoms with E-state index in [0.29, 0.717) is 12.6 Å². The molecule has 1 aromatic heterocycles. The van der Waals surface area contributed by atoms with Crippen LogP contribution in [0, 0.1) is 5.41 Å². The maximum absolute atomic E-state index is 11.9. The Kier molecular flexibility index (Phi) is 4.38. The van der Waals surface area contributed by atoms with Crippen molar-refractivity contribution in [2.75, 3.05) is 0 Å². The lowest BCUT2D eigenvalue weighted by Gasteiger charge is -2.20. The van der Waals surface area contributed by atoms with Crippen LogP contribution in [0.25, 0.3) is 0 Å². The maximum Gasteiger partial charge on any atom is 0.225 e. The first-order valence-electron chi connectivity index (χ1n) is 7.74. The Hall–Kier alpha value is -1.42. The molecule has 0 saturated heterocycles. The van der Waals surface area contributed by atoms with Crippen molar-refractivity contribution in [1.82, 2.24) is 15.6 Å². The first kappa shape index (κ1) is 16.0. The van der Waals surface area contributed by atoms with Gasteiger partial charge in [-0.25, -0.2) is 0 Å². The second-order valence-electron chi connectivity index (χ2n) is 7.37. The molecule has 21 heavy (non-hydrogen) atoms. The van der Waals surface area contributed by atoms with E-state index in [1.807, 2.05) is 27.0 Å². The molecular weight excluding hydrogens is 262 g/mol. The minimum Gasteiger partial charge on any atom is -0.352 e. The van der Waals surface area contributed by atoms with Crippen LogP contribution in [0.15, 0.2) is 18.3 Å². The molecule has 4 heteroatoms. The Morgan fingerprint density at radius 2 is 2.00 bits per heavy atom. The number of carbonyl (C=O) groups is 1. The average Bonchev–Trinajstić information content (AvgIpc) is 3.15. The fourth-order valence-corrected chi connectivity index (χ4v) is 2.41. The standard InChI is InChI=1S/C17H27N3O/c1-12(2)20-17(8-9-17)14-7-6-13(10-18-14)11-19-15(21)16(3,4)5/h6-7,10,12,20H,8-9,11H2,1-5H3,(H,19,21). The minimum atomic E-state index is -0.355. The van der Waals surface area contributed by atoms with Gasteiger partial charge in [-0.2, -0.15) is 0 Å². The largest absolute Gasteiger partial charge is 0.352 e. The molecule has 0 spiro atoms. The third-order valence-electron chi connectivity index (χ3n) is 3.76. The summed E-state index contributed by atoms with van der Waals surface area (Å²) >= 11 is 0. The molecule has 1 aliphatic rings. The van der Waals surface area contributed by atoms with Gasteiger partial charge in [0.1, 0.15) is 0 Å². The molecule has 0 radical (unpaired) electrons. The van der Waals surface area contributed by atoms with Crippen molar-refractivity contribution >= 4 is 5.91 Å². The third-order valence-corrected chi connectivity index (χ3v) is 3.76. The molecule has 2 rings (SSSR count). The zero-order chi connectivity index (χ0) is 15.7. The lowest BCUT2D eigenvalue weighted by Crippen LogP contribution is -2.35. The SMILES string of the molecule is CC(C)NC1(c2ccc(CNC(=O)C(C)(C)C)cn2)CC1. The predicted octanol–water partition coefficient (Wildman–Crippen LogP) is 2.73. The molecule has 1 heterocycles.